The molecule has 0 unspecified atom stereocenters. The lowest BCUT2D eigenvalue weighted by Crippen LogP contribution is -2.21. The standard InChI is InChI=1S/C21H19F3OSi/c1-14-2-11-19(12-20(14)22)25-21(23,24)18-9-7-17(8-10-18)16-5-3-15(13-26)4-6-16/h2-12H,13H2,1,26H3. The molecule has 0 N–H and O–H groups in total. The summed E-state index contributed by atoms with van der Waals surface area (Å²) in [5.41, 5.74) is 3.20. The second kappa shape index (κ2) is 7.38. The van der Waals surface area contributed by atoms with Crippen LogP contribution in [0, 0.1) is 12.7 Å². The monoisotopic (exact) mass is 372 g/mol. The summed E-state index contributed by atoms with van der Waals surface area (Å²) in [6.45, 7) is 1.56. The van der Waals surface area contributed by atoms with Gasteiger partial charge in [-0.1, -0.05) is 48.0 Å². The third-order valence-electron chi connectivity index (χ3n) is 4.31. The maximum Gasteiger partial charge on any atom is 0.426 e. The first kappa shape index (κ1) is 18.3. The quantitative estimate of drug-likeness (QED) is 0.585. The summed E-state index contributed by atoms with van der Waals surface area (Å²) in [5.74, 6) is -0.785. The fraction of sp³-hybridized carbons (Fsp3) is 0.143. The van der Waals surface area contributed by atoms with Gasteiger partial charge in [-0.05, 0) is 47.9 Å². The van der Waals surface area contributed by atoms with E-state index in [4.69, 9.17) is 4.74 Å². The van der Waals surface area contributed by atoms with Crippen LogP contribution >= 0.6 is 0 Å². The molecular weight excluding hydrogens is 353 g/mol. The highest BCUT2D eigenvalue weighted by atomic mass is 28.1. The van der Waals surface area contributed by atoms with Crippen molar-refractivity contribution >= 4 is 10.2 Å². The van der Waals surface area contributed by atoms with Crippen LogP contribution in [0.2, 0.25) is 0 Å². The van der Waals surface area contributed by atoms with Gasteiger partial charge in [-0.15, -0.1) is 0 Å². The van der Waals surface area contributed by atoms with E-state index >= 15 is 0 Å². The summed E-state index contributed by atoms with van der Waals surface area (Å²) in [6, 6.07) is 18.8. The first-order valence-corrected chi connectivity index (χ1v) is 9.83. The van der Waals surface area contributed by atoms with Crippen LogP contribution in [0.25, 0.3) is 11.1 Å². The third-order valence-corrected chi connectivity index (χ3v) is 5.12. The molecule has 3 rings (SSSR count). The molecule has 134 valence electrons. The van der Waals surface area contributed by atoms with E-state index < -0.39 is 11.9 Å². The van der Waals surface area contributed by atoms with Crippen LogP contribution in [0.15, 0.2) is 66.7 Å². The summed E-state index contributed by atoms with van der Waals surface area (Å²) in [5, 5.41) is 0. The maximum absolute atomic E-state index is 14.4. The Morgan fingerprint density at radius 3 is 2.00 bits per heavy atom. The average Bonchev–Trinajstić information content (AvgIpc) is 2.65. The van der Waals surface area contributed by atoms with E-state index in [9.17, 15) is 13.2 Å². The second-order valence-corrected chi connectivity index (χ2v) is 6.86. The Morgan fingerprint density at radius 1 is 0.885 bits per heavy atom. The van der Waals surface area contributed by atoms with E-state index in [1.807, 2.05) is 12.1 Å². The summed E-state index contributed by atoms with van der Waals surface area (Å²) >= 11 is 0. The lowest BCUT2D eigenvalue weighted by Gasteiger charge is -2.19. The van der Waals surface area contributed by atoms with Crippen molar-refractivity contribution in [3.63, 3.8) is 0 Å². The number of halogens is 3. The van der Waals surface area contributed by atoms with Gasteiger partial charge in [0, 0.05) is 16.3 Å². The Bertz CT molecular complexity index is 890. The van der Waals surface area contributed by atoms with E-state index in [2.05, 4.69) is 12.1 Å². The van der Waals surface area contributed by atoms with Gasteiger partial charge < -0.3 is 4.74 Å². The SMILES string of the molecule is Cc1ccc(OC(F)(F)c2ccc(-c3ccc(C[SiH3])cc3)cc2)cc1F. The molecule has 0 amide bonds. The van der Waals surface area contributed by atoms with E-state index in [1.165, 1.54) is 29.8 Å². The minimum atomic E-state index is -3.54. The summed E-state index contributed by atoms with van der Waals surface area (Å²) < 4.78 is 47.0. The number of benzene rings is 3. The number of hydrogen-bond donors (Lipinski definition) is 0. The number of aryl methyl sites for hydroxylation is 1. The van der Waals surface area contributed by atoms with Crippen molar-refractivity contribution in [3.8, 4) is 16.9 Å². The highest BCUT2D eigenvalue weighted by Gasteiger charge is 2.34. The molecule has 26 heavy (non-hydrogen) atoms. The summed E-state index contributed by atoms with van der Waals surface area (Å²) in [4.78, 5) is 0. The third kappa shape index (κ3) is 3.99. The molecule has 0 saturated heterocycles. The van der Waals surface area contributed by atoms with Crippen molar-refractivity contribution in [2.24, 2.45) is 0 Å². The minimum absolute atomic E-state index is 0.208. The van der Waals surface area contributed by atoms with Gasteiger partial charge in [0.2, 0.25) is 0 Å². The predicted octanol–water partition coefficient (Wildman–Crippen LogP) is 4.79. The Hall–Kier alpha value is -2.53. The molecular formula is C21H19F3OSi. The van der Waals surface area contributed by atoms with Crippen LogP contribution in [0.3, 0.4) is 0 Å². The smallest absolute Gasteiger partial charge is 0.426 e. The van der Waals surface area contributed by atoms with Gasteiger partial charge >= 0.3 is 6.11 Å². The van der Waals surface area contributed by atoms with Crippen LogP contribution in [0.4, 0.5) is 13.2 Å². The normalized spacial score (nSPS) is 11.5. The van der Waals surface area contributed by atoms with E-state index in [1.54, 1.807) is 19.1 Å². The molecule has 0 atom stereocenters. The van der Waals surface area contributed by atoms with Gasteiger partial charge in [0.25, 0.3) is 0 Å². The number of ether oxygens (including phenoxy) is 1. The van der Waals surface area contributed by atoms with Crippen molar-refractivity contribution < 1.29 is 17.9 Å². The van der Waals surface area contributed by atoms with Gasteiger partial charge in [0.1, 0.15) is 11.6 Å². The van der Waals surface area contributed by atoms with Crippen LogP contribution in [-0.4, -0.2) is 10.2 Å². The van der Waals surface area contributed by atoms with Gasteiger partial charge in [0.15, 0.2) is 0 Å². The van der Waals surface area contributed by atoms with Crippen LogP contribution in [0.5, 0.6) is 5.75 Å². The zero-order valence-corrected chi connectivity index (χ0v) is 16.6. The molecule has 0 aromatic heterocycles. The first-order chi connectivity index (χ1) is 12.4. The highest BCUT2D eigenvalue weighted by Crippen LogP contribution is 2.33. The topological polar surface area (TPSA) is 9.23 Å². The van der Waals surface area contributed by atoms with Gasteiger partial charge in [-0.2, -0.15) is 8.78 Å². The second-order valence-electron chi connectivity index (χ2n) is 6.16. The molecule has 0 heterocycles. The molecule has 0 radical (unpaired) electrons. The molecule has 0 fully saturated rings. The first-order valence-electron chi connectivity index (χ1n) is 8.42. The van der Waals surface area contributed by atoms with Gasteiger partial charge in [0.05, 0.1) is 5.56 Å². The van der Waals surface area contributed by atoms with Crippen LogP contribution in [-0.2, 0) is 12.2 Å². The summed E-state index contributed by atoms with van der Waals surface area (Å²) in [6.07, 6.45) is -3.54. The van der Waals surface area contributed by atoms with Crippen molar-refractivity contribution in [3.05, 3.63) is 89.2 Å². The Balaban J connectivity index is 1.80. The predicted molar refractivity (Wildman–Crippen MR) is 101 cm³/mol. The molecule has 3 aromatic carbocycles. The molecule has 0 spiro atoms. The van der Waals surface area contributed by atoms with E-state index in [-0.39, 0.29) is 11.3 Å². The Morgan fingerprint density at radius 2 is 1.46 bits per heavy atom. The van der Waals surface area contributed by atoms with Crippen molar-refractivity contribution in [1.29, 1.82) is 0 Å². The fourth-order valence-corrected chi connectivity index (χ4v) is 3.11. The van der Waals surface area contributed by atoms with E-state index in [0.29, 0.717) is 5.56 Å². The lowest BCUT2D eigenvalue weighted by molar-refractivity contribution is -0.185. The molecule has 0 bridgehead atoms. The van der Waals surface area contributed by atoms with E-state index in [0.717, 1.165) is 33.5 Å². The number of hydrogen-bond acceptors (Lipinski definition) is 1. The molecule has 0 aliphatic heterocycles. The van der Waals surface area contributed by atoms with Crippen molar-refractivity contribution in [1.82, 2.24) is 0 Å². The average molecular weight is 372 g/mol. The zero-order chi connectivity index (χ0) is 18.7. The summed E-state index contributed by atoms with van der Waals surface area (Å²) in [7, 11) is 1.11. The molecule has 0 aliphatic carbocycles. The lowest BCUT2D eigenvalue weighted by atomic mass is 10.0. The number of alkyl halides is 2. The zero-order valence-electron chi connectivity index (χ0n) is 14.6. The maximum atomic E-state index is 14.4. The van der Waals surface area contributed by atoms with Gasteiger partial charge in [-0.3, -0.25) is 0 Å². The van der Waals surface area contributed by atoms with Crippen molar-refractivity contribution in [2.45, 2.75) is 19.1 Å². The fourth-order valence-electron chi connectivity index (χ4n) is 2.63. The largest absolute Gasteiger partial charge is 0.429 e. The van der Waals surface area contributed by atoms with Crippen LogP contribution in [0.1, 0.15) is 16.7 Å². The Kier molecular flexibility index (Phi) is 5.18. The minimum Gasteiger partial charge on any atom is -0.429 e. The molecule has 1 nitrogen and oxygen atoms in total. The number of rotatable bonds is 5. The van der Waals surface area contributed by atoms with Crippen molar-refractivity contribution in [2.75, 3.05) is 0 Å². The molecule has 3 aromatic rings. The molecule has 5 heteroatoms. The highest BCUT2D eigenvalue weighted by molar-refractivity contribution is 6.08. The molecule has 0 aliphatic rings. The Labute approximate surface area is 153 Å². The van der Waals surface area contributed by atoms with Crippen LogP contribution < -0.4 is 4.74 Å². The molecule has 0 saturated carbocycles. The van der Waals surface area contributed by atoms with Gasteiger partial charge in [-0.25, -0.2) is 4.39 Å².